The normalized spacial score (nSPS) is 10.9. The number of imidazole rings is 1. The fraction of sp³-hybridized carbons (Fsp3) is 0.444. The number of hydrogen-bond acceptors (Lipinski definition) is 4. The second kappa shape index (κ2) is 7.59. The number of aliphatic imine (C=N–C) groups is 1. The Morgan fingerprint density at radius 2 is 2.62 bits per heavy atom. The molecule has 0 fully saturated rings. The molecule has 1 aromatic heterocycles. The second-order valence-corrected chi connectivity index (χ2v) is 3.91. The van der Waals surface area contributed by atoms with Gasteiger partial charge in [0.2, 0.25) is 5.96 Å². The number of H-pyrrole nitrogens is 1. The standard InChI is InChI=1S/C9H14N6S/c1-11-9(15-7-10)14-4-5-16-6-8-12-2-3-13-8/h2-3H,4-6H2,1H3,(H,12,13)(H2,11,14,15). The van der Waals surface area contributed by atoms with E-state index in [9.17, 15) is 0 Å². The average Bonchev–Trinajstić information content (AvgIpc) is 2.80. The summed E-state index contributed by atoms with van der Waals surface area (Å²) in [5.74, 6) is 3.21. The smallest absolute Gasteiger partial charge is 0.204 e. The van der Waals surface area contributed by atoms with Crippen LogP contribution in [0, 0.1) is 11.5 Å². The van der Waals surface area contributed by atoms with Gasteiger partial charge in [-0.2, -0.15) is 17.0 Å². The molecule has 0 amide bonds. The van der Waals surface area contributed by atoms with E-state index in [2.05, 4.69) is 25.6 Å². The Kier molecular flexibility index (Phi) is 5.88. The van der Waals surface area contributed by atoms with Crippen LogP contribution in [0.15, 0.2) is 17.4 Å². The van der Waals surface area contributed by atoms with Gasteiger partial charge in [0, 0.05) is 25.2 Å². The summed E-state index contributed by atoms with van der Waals surface area (Å²) in [5.41, 5.74) is 0. The summed E-state index contributed by atoms with van der Waals surface area (Å²) in [6.07, 6.45) is 5.37. The number of nitrogens with zero attached hydrogens (tertiary/aromatic N) is 3. The molecule has 0 aromatic carbocycles. The molecule has 0 unspecified atom stereocenters. The number of aromatic nitrogens is 2. The number of nitrogens with one attached hydrogen (secondary N) is 3. The third-order valence-corrected chi connectivity index (χ3v) is 2.66. The van der Waals surface area contributed by atoms with Gasteiger partial charge in [-0.25, -0.2) is 4.98 Å². The Balaban J connectivity index is 2.13. The molecule has 0 aliphatic heterocycles. The van der Waals surface area contributed by atoms with Crippen LogP contribution >= 0.6 is 11.8 Å². The molecular weight excluding hydrogens is 224 g/mol. The summed E-state index contributed by atoms with van der Waals surface area (Å²) in [5, 5.41) is 13.6. The summed E-state index contributed by atoms with van der Waals surface area (Å²) in [4.78, 5) is 11.3. The van der Waals surface area contributed by atoms with Crippen LogP contribution in [0.1, 0.15) is 5.82 Å². The van der Waals surface area contributed by atoms with E-state index in [0.29, 0.717) is 12.5 Å². The molecule has 1 rings (SSSR count). The second-order valence-electron chi connectivity index (χ2n) is 2.81. The van der Waals surface area contributed by atoms with Crippen molar-refractivity contribution >= 4 is 17.7 Å². The predicted octanol–water partition coefficient (Wildman–Crippen LogP) is 0.289. The zero-order valence-electron chi connectivity index (χ0n) is 9.03. The van der Waals surface area contributed by atoms with Crippen molar-refractivity contribution in [3.05, 3.63) is 18.2 Å². The van der Waals surface area contributed by atoms with E-state index in [-0.39, 0.29) is 0 Å². The Hall–Kier alpha value is -1.68. The fourth-order valence-corrected chi connectivity index (χ4v) is 1.72. The van der Waals surface area contributed by atoms with E-state index in [1.165, 1.54) is 0 Å². The van der Waals surface area contributed by atoms with Crippen molar-refractivity contribution in [3.63, 3.8) is 0 Å². The van der Waals surface area contributed by atoms with Gasteiger partial charge in [0.1, 0.15) is 5.82 Å². The molecule has 0 aliphatic rings. The van der Waals surface area contributed by atoms with E-state index in [1.54, 1.807) is 25.0 Å². The van der Waals surface area contributed by atoms with Crippen molar-refractivity contribution in [1.29, 1.82) is 5.26 Å². The van der Waals surface area contributed by atoms with E-state index in [0.717, 1.165) is 17.3 Å². The first kappa shape index (κ1) is 12.4. The summed E-state index contributed by atoms with van der Waals surface area (Å²) < 4.78 is 0. The highest BCUT2D eigenvalue weighted by molar-refractivity contribution is 7.98. The third kappa shape index (κ3) is 4.70. The molecule has 3 N–H and O–H groups in total. The number of aromatic amines is 1. The highest BCUT2D eigenvalue weighted by Gasteiger charge is 1.95. The van der Waals surface area contributed by atoms with Crippen molar-refractivity contribution < 1.29 is 0 Å². The molecule has 1 heterocycles. The zero-order valence-corrected chi connectivity index (χ0v) is 9.84. The lowest BCUT2D eigenvalue weighted by Gasteiger charge is -2.01. The van der Waals surface area contributed by atoms with Crippen LogP contribution in [0.4, 0.5) is 0 Å². The maximum Gasteiger partial charge on any atom is 0.204 e. The summed E-state index contributed by atoms with van der Waals surface area (Å²) in [7, 11) is 1.72. The van der Waals surface area contributed by atoms with Crippen LogP contribution in [-0.4, -0.2) is 35.3 Å². The molecule has 1 aromatic rings. The largest absolute Gasteiger partial charge is 0.359 e. The van der Waals surface area contributed by atoms with Crippen LogP contribution in [0.3, 0.4) is 0 Å². The minimum Gasteiger partial charge on any atom is -0.359 e. The molecule has 0 saturated heterocycles. The average molecular weight is 238 g/mol. The molecule has 0 bridgehead atoms. The van der Waals surface area contributed by atoms with Crippen LogP contribution in [0.25, 0.3) is 0 Å². The van der Waals surface area contributed by atoms with Crippen LogP contribution in [0.2, 0.25) is 0 Å². The molecule has 7 heteroatoms. The number of rotatable bonds is 5. The maximum absolute atomic E-state index is 8.40. The summed E-state index contributed by atoms with van der Waals surface area (Å²) in [6.45, 7) is 0.663. The SMILES string of the molecule is CN/C(=N/CCSCc1ncc[nH]1)NC#N. The van der Waals surface area contributed by atoms with Gasteiger partial charge >= 0.3 is 0 Å². The lowest BCUT2D eigenvalue weighted by molar-refractivity contribution is 1.01. The number of hydrogen-bond donors (Lipinski definition) is 3. The van der Waals surface area contributed by atoms with Gasteiger partial charge in [0.05, 0.1) is 12.3 Å². The van der Waals surface area contributed by atoms with Gasteiger partial charge in [-0.3, -0.25) is 10.3 Å². The highest BCUT2D eigenvalue weighted by atomic mass is 32.2. The highest BCUT2D eigenvalue weighted by Crippen LogP contribution is 2.06. The van der Waals surface area contributed by atoms with Crippen LogP contribution in [0.5, 0.6) is 0 Å². The lowest BCUT2D eigenvalue weighted by Crippen LogP contribution is -2.31. The van der Waals surface area contributed by atoms with Crippen molar-refractivity contribution in [2.24, 2.45) is 4.99 Å². The molecule has 86 valence electrons. The molecule has 0 aliphatic carbocycles. The van der Waals surface area contributed by atoms with Crippen LogP contribution < -0.4 is 10.6 Å². The van der Waals surface area contributed by atoms with E-state index < -0.39 is 0 Å². The maximum atomic E-state index is 8.40. The monoisotopic (exact) mass is 238 g/mol. The van der Waals surface area contributed by atoms with Gasteiger partial charge in [-0.05, 0) is 0 Å². The Morgan fingerprint density at radius 3 is 3.25 bits per heavy atom. The van der Waals surface area contributed by atoms with Gasteiger partial charge in [0.15, 0.2) is 6.19 Å². The van der Waals surface area contributed by atoms with Gasteiger partial charge in [0.25, 0.3) is 0 Å². The van der Waals surface area contributed by atoms with Gasteiger partial charge in [-0.1, -0.05) is 0 Å². The predicted molar refractivity (Wildman–Crippen MR) is 64.9 cm³/mol. The first-order valence-corrected chi connectivity index (χ1v) is 5.95. The van der Waals surface area contributed by atoms with Crippen molar-refractivity contribution in [2.75, 3.05) is 19.3 Å². The molecule has 0 atom stereocenters. The van der Waals surface area contributed by atoms with Crippen LogP contribution in [-0.2, 0) is 5.75 Å². The summed E-state index contributed by atoms with van der Waals surface area (Å²) >= 11 is 1.74. The third-order valence-electron chi connectivity index (χ3n) is 1.71. The summed E-state index contributed by atoms with van der Waals surface area (Å²) in [6, 6.07) is 0. The number of guanidine groups is 1. The number of nitriles is 1. The topological polar surface area (TPSA) is 88.9 Å². The first-order chi connectivity index (χ1) is 7.86. The molecule has 6 nitrogen and oxygen atoms in total. The Labute approximate surface area is 98.6 Å². The van der Waals surface area contributed by atoms with E-state index in [4.69, 9.17) is 5.26 Å². The quantitative estimate of drug-likeness (QED) is 0.225. The first-order valence-electron chi connectivity index (χ1n) is 4.80. The Morgan fingerprint density at radius 1 is 1.75 bits per heavy atom. The van der Waals surface area contributed by atoms with E-state index >= 15 is 0 Å². The van der Waals surface area contributed by atoms with E-state index in [1.807, 2.05) is 12.4 Å². The zero-order chi connectivity index (χ0) is 11.6. The Bertz CT molecular complexity index is 353. The molecule has 16 heavy (non-hydrogen) atoms. The van der Waals surface area contributed by atoms with Crippen molar-refractivity contribution in [2.45, 2.75) is 5.75 Å². The molecule has 0 saturated carbocycles. The van der Waals surface area contributed by atoms with Crippen molar-refractivity contribution in [1.82, 2.24) is 20.6 Å². The van der Waals surface area contributed by atoms with Crippen molar-refractivity contribution in [3.8, 4) is 6.19 Å². The fourth-order valence-electron chi connectivity index (χ4n) is 1.00. The minimum atomic E-state index is 0.501. The molecule has 0 spiro atoms. The molecule has 0 radical (unpaired) electrons. The lowest BCUT2D eigenvalue weighted by atomic mass is 10.7. The van der Waals surface area contributed by atoms with Gasteiger partial charge < -0.3 is 10.3 Å². The van der Waals surface area contributed by atoms with Gasteiger partial charge in [-0.15, -0.1) is 0 Å². The minimum absolute atomic E-state index is 0.501. The molecular formula is C9H14N6S. The number of thioether (sulfide) groups is 1.